The Morgan fingerprint density at radius 1 is 1.32 bits per heavy atom. The van der Waals surface area contributed by atoms with Crippen molar-refractivity contribution in [2.45, 2.75) is 19.8 Å². The zero-order valence-corrected chi connectivity index (χ0v) is 10.2. The van der Waals surface area contributed by atoms with E-state index in [0.717, 1.165) is 11.0 Å². The molecule has 1 aliphatic rings. The van der Waals surface area contributed by atoms with Crippen LogP contribution in [0, 0.1) is 11.7 Å². The highest BCUT2D eigenvalue weighted by Crippen LogP contribution is 2.29. The van der Waals surface area contributed by atoms with Gasteiger partial charge in [-0.1, -0.05) is 13.0 Å². The smallest absolute Gasteiger partial charge is 0.340 e. The third kappa shape index (κ3) is 2.33. The maximum absolute atomic E-state index is 13.6. The number of aromatic carboxylic acids is 1. The van der Waals surface area contributed by atoms with Gasteiger partial charge in [0.25, 0.3) is 0 Å². The summed E-state index contributed by atoms with van der Waals surface area (Å²) in [4.78, 5) is 35.6. The highest BCUT2D eigenvalue weighted by Gasteiger charge is 2.34. The molecule has 1 heterocycles. The van der Waals surface area contributed by atoms with Crippen molar-refractivity contribution in [1.29, 1.82) is 0 Å². The summed E-state index contributed by atoms with van der Waals surface area (Å²) in [5.74, 6) is -3.57. The molecule has 1 aliphatic heterocycles. The fourth-order valence-electron chi connectivity index (χ4n) is 2.17. The first-order chi connectivity index (χ1) is 8.91. The molecule has 1 aromatic carbocycles. The highest BCUT2D eigenvalue weighted by molar-refractivity contribution is 6.19. The fraction of sp³-hybridized carbons (Fsp3) is 0.308. The molecule has 0 aromatic heterocycles. The summed E-state index contributed by atoms with van der Waals surface area (Å²) in [6, 6.07) is 3.52. The SMILES string of the molecule is CC1CC(=O)N(c2cccc(F)c2C(=O)O)C(=O)C1. The van der Waals surface area contributed by atoms with Gasteiger partial charge in [0.05, 0.1) is 5.69 Å². The molecule has 0 aliphatic carbocycles. The van der Waals surface area contributed by atoms with Crippen molar-refractivity contribution in [3.05, 3.63) is 29.6 Å². The molecule has 0 bridgehead atoms. The van der Waals surface area contributed by atoms with Crippen LogP contribution in [0.5, 0.6) is 0 Å². The zero-order valence-electron chi connectivity index (χ0n) is 10.2. The van der Waals surface area contributed by atoms with E-state index in [4.69, 9.17) is 5.11 Å². The molecule has 0 atom stereocenters. The maximum Gasteiger partial charge on any atom is 0.340 e. The summed E-state index contributed by atoms with van der Waals surface area (Å²) in [5.41, 5.74) is -0.854. The number of anilines is 1. The Hall–Kier alpha value is -2.24. The molecule has 0 radical (unpaired) electrons. The van der Waals surface area contributed by atoms with Gasteiger partial charge >= 0.3 is 5.97 Å². The van der Waals surface area contributed by atoms with Gasteiger partial charge in [0.1, 0.15) is 11.4 Å². The number of carboxylic acid groups (broad SMARTS) is 1. The first kappa shape index (κ1) is 13.2. The summed E-state index contributed by atoms with van der Waals surface area (Å²) in [7, 11) is 0. The number of amides is 2. The number of carbonyl (C=O) groups excluding carboxylic acids is 2. The molecule has 100 valence electrons. The molecule has 1 fully saturated rings. The Balaban J connectivity index is 2.53. The molecule has 2 rings (SSSR count). The summed E-state index contributed by atoms with van der Waals surface area (Å²) in [6.07, 6.45) is 0.280. The number of halogens is 1. The monoisotopic (exact) mass is 265 g/mol. The lowest BCUT2D eigenvalue weighted by atomic mass is 9.96. The van der Waals surface area contributed by atoms with Crippen molar-refractivity contribution in [2.24, 2.45) is 5.92 Å². The summed E-state index contributed by atoms with van der Waals surface area (Å²) >= 11 is 0. The van der Waals surface area contributed by atoms with E-state index in [9.17, 15) is 18.8 Å². The Morgan fingerprint density at radius 3 is 2.42 bits per heavy atom. The van der Waals surface area contributed by atoms with Gasteiger partial charge in [-0.25, -0.2) is 14.1 Å². The lowest BCUT2D eigenvalue weighted by Gasteiger charge is -2.29. The van der Waals surface area contributed by atoms with Crippen LogP contribution in [-0.4, -0.2) is 22.9 Å². The minimum Gasteiger partial charge on any atom is -0.478 e. The normalized spacial score (nSPS) is 16.8. The minimum absolute atomic E-state index is 0.0851. The predicted octanol–water partition coefficient (Wildman–Crippen LogP) is 1.81. The molecular weight excluding hydrogens is 253 g/mol. The number of hydrogen-bond acceptors (Lipinski definition) is 3. The number of rotatable bonds is 2. The third-order valence-electron chi connectivity index (χ3n) is 2.99. The molecule has 5 nitrogen and oxygen atoms in total. The number of piperidine rings is 1. The maximum atomic E-state index is 13.6. The van der Waals surface area contributed by atoms with E-state index in [-0.39, 0.29) is 24.4 Å². The van der Waals surface area contributed by atoms with Crippen LogP contribution in [0.3, 0.4) is 0 Å². The molecule has 0 unspecified atom stereocenters. The third-order valence-corrected chi connectivity index (χ3v) is 2.99. The van der Waals surface area contributed by atoms with E-state index in [2.05, 4.69) is 0 Å². The Morgan fingerprint density at radius 2 is 1.89 bits per heavy atom. The second kappa shape index (κ2) is 4.79. The van der Waals surface area contributed by atoms with Crippen LogP contribution in [0.25, 0.3) is 0 Å². The van der Waals surface area contributed by atoms with Gasteiger partial charge in [0, 0.05) is 12.8 Å². The number of nitrogens with zero attached hydrogens (tertiary/aromatic N) is 1. The first-order valence-electron chi connectivity index (χ1n) is 5.79. The second-order valence-corrected chi connectivity index (χ2v) is 4.58. The molecule has 0 spiro atoms. The van der Waals surface area contributed by atoms with Crippen LogP contribution in [0.4, 0.5) is 10.1 Å². The van der Waals surface area contributed by atoms with Crippen LogP contribution in [0.15, 0.2) is 18.2 Å². The minimum atomic E-state index is -1.51. The number of carbonyl (C=O) groups is 3. The lowest BCUT2D eigenvalue weighted by molar-refractivity contribution is -0.130. The Labute approximate surface area is 108 Å². The van der Waals surface area contributed by atoms with Crippen LogP contribution >= 0.6 is 0 Å². The molecule has 6 heteroatoms. The van der Waals surface area contributed by atoms with Crippen molar-refractivity contribution < 1.29 is 23.9 Å². The number of hydrogen-bond donors (Lipinski definition) is 1. The molecule has 19 heavy (non-hydrogen) atoms. The molecule has 1 saturated heterocycles. The van der Waals surface area contributed by atoms with Crippen molar-refractivity contribution >= 4 is 23.5 Å². The van der Waals surface area contributed by atoms with Crippen LogP contribution < -0.4 is 4.90 Å². The van der Waals surface area contributed by atoms with E-state index < -0.39 is 29.2 Å². The molecular formula is C13H12FNO4. The fourth-order valence-corrected chi connectivity index (χ4v) is 2.17. The Bertz CT molecular complexity index is 552. The van der Waals surface area contributed by atoms with E-state index >= 15 is 0 Å². The van der Waals surface area contributed by atoms with Crippen LogP contribution in [-0.2, 0) is 9.59 Å². The molecule has 2 amide bonds. The van der Waals surface area contributed by atoms with Gasteiger partial charge in [-0.3, -0.25) is 9.59 Å². The molecule has 1 N–H and O–H groups in total. The first-order valence-corrected chi connectivity index (χ1v) is 5.79. The van der Waals surface area contributed by atoms with Gasteiger partial charge in [0.15, 0.2) is 0 Å². The Kier molecular flexibility index (Phi) is 3.33. The average Bonchev–Trinajstić information content (AvgIpc) is 2.26. The van der Waals surface area contributed by atoms with Crippen molar-refractivity contribution in [2.75, 3.05) is 4.90 Å². The summed E-state index contributed by atoms with van der Waals surface area (Å²) in [6.45, 7) is 1.76. The van der Waals surface area contributed by atoms with Gasteiger partial charge in [-0.15, -0.1) is 0 Å². The number of carboxylic acids is 1. The second-order valence-electron chi connectivity index (χ2n) is 4.58. The summed E-state index contributed by atoms with van der Waals surface area (Å²) in [5, 5.41) is 9.01. The van der Waals surface area contributed by atoms with Crippen LogP contribution in [0.1, 0.15) is 30.1 Å². The lowest BCUT2D eigenvalue weighted by Crippen LogP contribution is -2.43. The summed E-state index contributed by atoms with van der Waals surface area (Å²) < 4.78 is 13.6. The largest absolute Gasteiger partial charge is 0.478 e. The quantitative estimate of drug-likeness (QED) is 0.827. The average molecular weight is 265 g/mol. The number of benzene rings is 1. The van der Waals surface area contributed by atoms with E-state index in [1.54, 1.807) is 6.92 Å². The number of imide groups is 1. The van der Waals surface area contributed by atoms with Crippen molar-refractivity contribution in [3.8, 4) is 0 Å². The highest BCUT2D eigenvalue weighted by atomic mass is 19.1. The van der Waals surface area contributed by atoms with E-state index in [1.165, 1.54) is 12.1 Å². The molecule has 1 aromatic rings. The zero-order chi connectivity index (χ0) is 14.2. The topological polar surface area (TPSA) is 74.7 Å². The van der Waals surface area contributed by atoms with Gasteiger partial charge < -0.3 is 5.11 Å². The standard InChI is InChI=1S/C13H12FNO4/c1-7-5-10(16)15(11(17)6-7)9-4-2-3-8(14)12(9)13(18)19/h2-4,7H,5-6H2,1H3,(H,18,19). The van der Waals surface area contributed by atoms with Crippen molar-refractivity contribution in [3.63, 3.8) is 0 Å². The predicted molar refractivity (Wildman–Crippen MR) is 64.3 cm³/mol. The van der Waals surface area contributed by atoms with Crippen LogP contribution in [0.2, 0.25) is 0 Å². The van der Waals surface area contributed by atoms with Gasteiger partial charge in [0.2, 0.25) is 11.8 Å². The van der Waals surface area contributed by atoms with E-state index in [1.807, 2.05) is 0 Å². The van der Waals surface area contributed by atoms with E-state index in [0.29, 0.717) is 0 Å². The van der Waals surface area contributed by atoms with Gasteiger partial charge in [-0.2, -0.15) is 0 Å². The van der Waals surface area contributed by atoms with Gasteiger partial charge in [-0.05, 0) is 18.1 Å². The molecule has 0 saturated carbocycles. The van der Waals surface area contributed by atoms with Crippen molar-refractivity contribution in [1.82, 2.24) is 0 Å².